The topological polar surface area (TPSA) is 38.5 Å². The lowest BCUT2D eigenvalue weighted by Gasteiger charge is -2.24. The molecule has 0 aromatic heterocycles. The summed E-state index contributed by atoms with van der Waals surface area (Å²) in [5.74, 6) is 0. The molecule has 0 radical (unpaired) electrons. The smallest absolute Gasteiger partial charge is 0.379 e. The first kappa shape index (κ1) is 17.2. The Morgan fingerprint density at radius 3 is 2.68 bits per heavy atom. The van der Waals surface area contributed by atoms with Crippen LogP contribution in [0.5, 0.6) is 0 Å². The molecule has 0 aliphatic carbocycles. The zero-order chi connectivity index (χ0) is 16.3. The van der Waals surface area contributed by atoms with Crippen LogP contribution in [-0.2, 0) is 17.5 Å². The monoisotopic (exact) mass is 316 g/mol. The lowest BCUT2D eigenvalue weighted by Crippen LogP contribution is -2.29. The van der Waals surface area contributed by atoms with Crippen LogP contribution in [0, 0.1) is 0 Å². The van der Waals surface area contributed by atoms with Gasteiger partial charge in [-0.15, -0.1) is 0 Å². The first-order valence-corrected chi connectivity index (χ1v) is 7.58. The van der Waals surface area contributed by atoms with Crippen molar-refractivity contribution in [3.8, 4) is 0 Å². The molecule has 0 saturated carbocycles. The van der Waals surface area contributed by atoms with Gasteiger partial charge in [0.1, 0.15) is 0 Å². The highest BCUT2D eigenvalue weighted by atomic mass is 19.4. The normalized spacial score (nSPS) is 19.0. The number of hydrogen-bond donors (Lipinski definition) is 1. The minimum absolute atomic E-state index is 0.142. The van der Waals surface area contributed by atoms with Crippen molar-refractivity contribution in [1.29, 1.82) is 0 Å². The molecule has 2 rings (SSSR count). The summed E-state index contributed by atoms with van der Waals surface area (Å²) in [6.07, 6.45) is -3.28. The summed E-state index contributed by atoms with van der Waals surface area (Å²) in [5.41, 5.74) is 6.84. The van der Waals surface area contributed by atoms with Crippen molar-refractivity contribution in [2.24, 2.45) is 5.73 Å². The van der Waals surface area contributed by atoms with Gasteiger partial charge in [0, 0.05) is 32.3 Å². The largest absolute Gasteiger partial charge is 0.416 e. The second-order valence-corrected chi connectivity index (χ2v) is 5.91. The van der Waals surface area contributed by atoms with Crippen molar-refractivity contribution in [2.45, 2.75) is 45.1 Å². The molecule has 1 aliphatic heterocycles. The summed E-state index contributed by atoms with van der Waals surface area (Å²) < 4.78 is 44.0. The number of fused-ring (bicyclic) bond motifs is 1. The van der Waals surface area contributed by atoms with Crippen molar-refractivity contribution in [1.82, 2.24) is 4.90 Å². The molecule has 1 aromatic rings. The average molecular weight is 316 g/mol. The van der Waals surface area contributed by atoms with Crippen molar-refractivity contribution >= 4 is 0 Å². The van der Waals surface area contributed by atoms with E-state index in [0.717, 1.165) is 24.6 Å². The van der Waals surface area contributed by atoms with Crippen LogP contribution < -0.4 is 5.73 Å². The highest BCUT2D eigenvalue weighted by Gasteiger charge is 2.35. The third-order valence-electron chi connectivity index (χ3n) is 3.91. The van der Waals surface area contributed by atoms with E-state index in [2.05, 4.69) is 4.90 Å². The summed E-state index contributed by atoms with van der Waals surface area (Å²) in [4.78, 5) is 2.13. The molecular formula is C16H23F3N2O. The van der Waals surface area contributed by atoms with E-state index in [1.54, 1.807) is 6.07 Å². The van der Waals surface area contributed by atoms with E-state index < -0.39 is 11.7 Å². The molecule has 0 spiro atoms. The van der Waals surface area contributed by atoms with Crippen LogP contribution in [0.3, 0.4) is 0 Å². The number of alkyl halides is 3. The Labute approximate surface area is 129 Å². The molecule has 1 atom stereocenters. The van der Waals surface area contributed by atoms with E-state index in [0.29, 0.717) is 25.3 Å². The maximum absolute atomic E-state index is 12.8. The second kappa shape index (κ2) is 6.98. The SMILES string of the molecule is CC(C)OCCCN1Cc2ccc(C(F)(F)F)cc2C1CN. The highest BCUT2D eigenvalue weighted by molar-refractivity contribution is 5.39. The van der Waals surface area contributed by atoms with Gasteiger partial charge in [0.25, 0.3) is 0 Å². The standard InChI is InChI=1S/C16H23F3N2O/c1-11(2)22-7-3-6-21-10-12-4-5-13(16(17,18)19)8-14(12)15(21)9-20/h4-5,8,11,15H,3,6-7,9-10,20H2,1-2H3. The highest BCUT2D eigenvalue weighted by Crippen LogP contribution is 2.37. The van der Waals surface area contributed by atoms with Gasteiger partial charge in [-0.1, -0.05) is 6.07 Å². The Morgan fingerprint density at radius 2 is 2.09 bits per heavy atom. The van der Waals surface area contributed by atoms with Crippen LogP contribution in [0.25, 0.3) is 0 Å². The quantitative estimate of drug-likeness (QED) is 0.818. The van der Waals surface area contributed by atoms with E-state index in [-0.39, 0.29) is 12.1 Å². The van der Waals surface area contributed by atoms with Crippen molar-refractivity contribution in [3.05, 3.63) is 34.9 Å². The number of nitrogens with two attached hydrogens (primary N) is 1. The fourth-order valence-corrected chi connectivity index (χ4v) is 2.85. The second-order valence-electron chi connectivity index (χ2n) is 5.91. The Morgan fingerprint density at radius 1 is 1.36 bits per heavy atom. The Balaban J connectivity index is 2.05. The van der Waals surface area contributed by atoms with Gasteiger partial charge in [-0.25, -0.2) is 0 Å². The number of benzene rings is 1. The number of hydrogen-bond acceptors (Lipinski definition) is 3. The molecule has 22 heavy (non-hydrogen) atoms. The Bertz CT molecular complexity index is 503. The fraction of sp³-hybridized carbons (Fsp3) is 0.625. The van der Waals surface area contributed by atoms with E-state index >= 15 is 0 Å². The maximum atomic E-state index is 12.8. The number of ether oxygens (including phenoxy) is 1. The summed E-state index contributed by atoms with van der Waals surface area (Å²) in [6.45, 7) is 6.34. The van der Waals surface area contributed by atoms with Gasteiger partial charge in [0.2, 0.25) is 0 Å². The summed E-state index contributed by atoms with van der Waals surface area (Å²) in [5, 5.41) is 0. The Hall–Kier alpha value is -1.11. The molecule has 6 heteroatoms. The van der Waals surface area contributed by atoms with Crippen LogP contribution in [0.15, 0.2) is 18.2 Å². The zero-order valence-corrected chi connectivity index (χ0v) is 13.0. The third-order valence-corrected chi connectivity index (χ3v) is 3.91. The lowest BCUT2D eigenvalue weighted by molar-refractivity contribution is -0.137. The molecule has 0 amide bonds. The molecular weight excluding hydrogens is 293 g/mol. The minimum atomic E-state index is -4.31. The third kappa shape index (κ3) is 4.00. The number of nitrogens with zero attached hydrogens (tertiary/aromatic N) is 1. The molecule has 0 bridgehead atoms. The predicted molar refractivity (Wildman–Crippen MR) is 79.4 cm³/mol. The van der Waals surface area contributed by atoms with Gasteiger partial charge in [0.05, 0.1) is 11.7 Å². The van der Waals surface area contributed by atoms with Crippen molar-refractivity contribution in [3.63, 3.8) is 0 Å². The van der Waals surface area contributed by atoms with Crippen LogP contribution in [0.2, 0.25) is 0 Å². The molecule has 124 valence electrons. The van der Waals surface area contributed by atoms with Gasteiger partial charge in [-0.2, -0.15) is 13.2 Å². The molecule has 1 heterocycles. The number of rotatable bonds is 6. The molecule has 0 fully saturated rings. The van der Waals surface area contributed by atoms with E-state index in [9.17, 15) is 13.2 Å². The van der Waals surface area contributed by atoms with Crippen molar-refractivity contribution in [2.75, 3.05) is 19.7 Å². The van der Waals surface area contributed by atoms with Gasteiger partial charge < -0.3 is 10.5 Å². The first-order chi connectivity index (χ1) is 10.3. The predicted octanol–water partition coefficient (Wildman–Crippen LogP) is 3.34. The summed E-state index contributed by atoms with van der Waals surface area (Å²) in [7, 11) is 0. The molecule has 2 N–H and O–H groups in total. The van der Waals surface area contributed by atoms with Crippen LogP contribution in [0.1, 0.15) is 43.0 Å². The lowest BCUT2D eigenvalue weighted by atomic mass is 10.0. The van der Waals surface area contributed by atoms with Gasteiger partial charge >= 0.3 is 6.18 Å². The molecule has 1 aromatic carbocycles. The van der Waals surface area contributed by atoms with Crippen LogP contribution >= 0.6 is 0 Å². The minimum Gasteiger partial charge on any atom is -0.379 e. The van der Waals surface area contributed by atoms with Crippen molar-refractivity contribution < 1.29 is 17.9 Å². The Kier molecular flexibility index (Phi) is 5.47. The average Bonchev–Trinajstić information content (AvgIpc) is 2.78. The number of halogens is 3. The van der Waals surface area contributed by atoms with Gasteiger partial charge in [-0.3, -0.25) is 4.90 Å². The molecule has 3 nitrogen and oxygen atoms in total. The van der Waals surface area contributed by atoms with E-state index in [1.165, 1.54) is 6.07 Å². The van der Waals surface area contributed by atoms with Crippen LogP contribution in [-0.4, -0.2) is 30.7 Å². The first-order valence-electron chi connectivity index (χ1n) is 7.58. The van der Waals surface area contributed by atoms with Gasteiger partial charge in [-0.05, 0) is 43.5 Å². The summed E-state index contributed by atoms with van der Waals surface area (Å²) >= 11 is 0. The zero-order valence-electron chi connectivity index (χ0n) is 13.0. The maximum Gasteiger partial charge on any atom is 0.416 e. The summed E-state index contributed by atoms with van der Waals surface area (Å²) in [6, 6.07) is 3.83. The molecule has 1 aliphatic rings. The van der Waals surface area contributed by atoms with Crippen LogP contribution in [0.4, 0.5) is 13.2 Å². The molecule has 1 unspecified atom stereocenters. The van der Waals surface area contributed by atoms with E-state index in [1.807, 2.05) is 13.8 Å². The van der Waals surface area contributed by atoms with E-state index in [4.69, 9.17) is 10.5 Å². The fourth-order valence-electron chi connectivity index (χ4n) is 2.85. The van der Waals surface area contributed by atoms with Gasteiger partial charge in [0.15, 0.2) is 0 Å². The molecule has 0 saturated heterocycles.